The highest BCUT2D eigenvalue weighted by Gasteiger charge is 2.41. The lowest BCUT2D eigenvalue weighted by Gasteiger charge is -2.42. The molecule has 19 heavy (non-hydrogen) atoms. The molecule has 1 saturated carbocycles. The van der Waals surface area contributed by atoms with E-state index < -0.39 is 11.0 Å². The smallest absolute Gasteiger partial charge is 0.227 e. The molecule has 0 spiro atoms. The highest BCUT2D eigenvalue weighted by atomic mass is 16.3. The lowest BCUT2D eigenvalue weighted by molar-refractivity contribution is -0.134. The number of nitrogens with one attached hydrogen (secondary N) is 1. The van der Waals surface area contributed by atoms with Crippen LogP contribution in [0, 0.1) is 11.3 Å². The maximum atomic E-state index is 12.6. The molecule has 2 unspecified atom stereocenters. The topological polar surface area (TPSA) is 75.4 Å². The van der Waals surface area contributed by atoms with E-state index in [1.165, 1.54) is 6.42 Å². The predicted molar refractivity (Wildman–Crippen MR) is 77.7 cm³/mol. The number of rotatable bonds is 6. The Kier molecular flexibility index (Phi) is 5.81. The normalized spacial score (nSPS) is 28.2. The highest BCUT2D eigenvalue weighted by molar-refractivity contribution is 5.83. The van der Waals surface area contributed by atoms with E-state index in [-0.39, 0.29) is 12.5 Å². The largest absolute Gasteiger partial charge is 0.394 e. The van der Waals surface area contributed by atoms with Crippen LogP contribution in [-0.2, 0) is 4.79 Å². The molecule has 1 aliphatic carbocycles. The summed E-state index contributed by atoms with van der Waals surface area (Å²) in [5.41, 5.74) is 4.91. The standard InChI is InChI=1S/C15H30N2O2/c1-4-14(5-2,10-16)13(19)17-15(11-18)8-6-7-12(3)9-15/h12,18H,4-11,16H2,1-3H3,(H,17,19). The molecule has 0 heterocycles. The van der Waals surface area contributed by atoms with Crippen LogP contribution in [0.5, 0.6) is 0 Å². The van der Waals surface area contributed by atoms with Gasteiger partial charge < -0.3 is 16.2 Å². The van der Waals surface area contributed by atoms with Gasteiger partial charge in [0, 0.05) is 6.54 Å². The molecule has 1 aliphatic rings. The Morgan fingerprint density at radius 3 is 2.53 bits per heavy atom. The van der Waals surface area contributed by atoms with Crippen LogP contribution in [0.25, 0.3) is 0 Å². The molecule has 1 amide bonds. The molecule has 0 aromatic carbocycles. The zero-order valence-electron chi connectivity index (χ0n) is 12.7. The third kappa shape index (κ3) is 3.48. The summed E-state index contributed by atoms with van der Waals surface area (Å²) in [6, 6.07) is 0. The third-order valence-electron chi connectivity index (χ3n) is 5.00. The van der Waals surface area contributed by atoms with Crippen LogP contribution in [0.3, 0.4) is 0 Å². The second kappa shape index (κ2) is 6.71. The van der Waals surface area contributed by atoms with Crippen molar-refractivity contribution in [2.75, 3.05) is 13.2 Å². The van der Waals surface area contributed by atoms with Gasteiger partial charge in [-0.1, -0.05) is 33.6 Å². The fraction of sp³-hybridized carbons (Fsp3) is 0.933. The maximum absolute atomic E-state index is 12.6. The Hall–Kier alpha value is -0.610. The molecular weight excluding hydrogens is 240 g/mol. The summed E-state index contributed by atoms with van der Waals surface area (Å²) in [6.45, 7) is 6.59. The second-order valence-corrected chi connectivity index (χ2v) is 6.29. The van der Waals surface area contributed by atoms with Gasteiger partial charge in [-0.3, -0.25) is 4.79 Å². The van der Waals surface area contributed by atoms with E-state index in [1.807, 2.05) is 13.8 Å². The molecule has 0 aromatic rings. The molecule has 4 heteroatoms. The van der Waals surface area contributed by atoms with Gasteiger partial charge in [-0.05, 0) is 31.6 Å². The minimum atomic E-state index is -0.483. The van der Waals surface area contributed by atoms with E-state index in [0.717, 1.165) is 32.1 Å². The maximum Gasteiger partial charge on any atom is 0.227 e. The number of carbonyl (C=O) groups is 1. The Morgan fingerprint density at radius 1 is 1.47 bits per heavy atom. The quantitative estimate of drug-likeness (QED) is 0.689. The first-order valence-corrected chi connectivity index (χ1v) is 7.61. The van der Waals surface area contributed by atoms with Crippen molar-refractivity contribution in [1.29, 1.82) is 0 Å². The number of amides is 1. The second-order valence-electron chi connectivity index (χ2n) is 6.29. The molecule has 0 aromatic heterocycles. The monoisotopic (exact) mass is 270 g/mol. The van der Waals surface area contributed by atoms with Gasteiger partial charge in [0.25, 0.3) is 0 Å². The lowest BCUT2D eigenvalue weighted by Crippen LogP contribution is -2.58. The van der Waals surface area contributed by atoms with Gasteiger partial charge in [0.2, 0.25) is 5.91 Å². The van der Waals surface area contributed by atoms with E-state index in [1.54, 1.807) is 0 Å². The van der Waals surface area contributed by atoms with E-state index in [9.17, 15) is 9.90 Å². The van der Waals surface area contributed by atoms with Crippen LogP contribution in [0.4, 0.5) is 0 Å². The zero-order chi connectivity index (χ0) is 14.5. The van der Waals surface area contributed by atoms with Crippen molar-refractivity contribution >= 4 is 5.91 Å². The summed E-state index contributed by atoms with van der Waals surface area (Å²) in [4.78, 5) is 12.6. The average Bonchev–Trinajstić information content (AvgIpc) is 2.41. The average molecular weight is 270 g/mol. The van der Waals surface area contributed by atoms with Crippen molar-refractivity contribution in [3.05, 3.63) is 0 Å². The Morgan fingerprint density at radius 2 is 2.11 bits per heavy atom. The molecule has 0 saturated heterocycles. The molecular formula is C15H30N2O2. The number of aliphatic hydroxyl groups excluding tert-OH is 1. The van der Waals surface area contributed by atoms with Gasteiger partial charge in [-0.25, -0.2) is 0 Å². The number of carbonyl (C=O) groups excluding carboxylic acids is 1. The Bertz CT molecular complexity index is 294. The minimum Gasteiger partial charge on any atom is -0.394 e. The highest BCUT2D eigenvalue weighted by Crippen LogP contribution is 2.34. The Labute approximate surface area is 117 Å². The summed E-state index contributed by atoms with van der Waals surface area (Å²) in [7, 11) is 0. The van der Waals surface area contributed by atoms with Gasteiger partial charge in [0.15, 0.2) is 0 Å². The van der Waals surface area contributed by atoms with Crippen LogP contribution in [0.2, 0.25) is 0 Å². The summed E-state index contributed by atoms with van der Waals surface area (Å²) in [6.07, 6.45) is 5.46. The van der Waals surface area contributed by atoms with E-state index >= 15 is 0 Å². The third-order valence-corrected chi connectivity index (χ3v) is 5.00. The van der Waals surface area contributed by atoms with E-state index in [2.05, 4.69) is 12.2 Å². The molecule has 0 bridgehead atoms. The van der Waals surface area contributed by atoms with Gasteiger partial charge in [-0.15, -0.1) is 0 Å². The number of nitrogens with two attached hydrogens (primary N) is 1. The first kappa shape index (κ1) is 16.4. The van der Waals surface area contributed by atoms with Gasteiger partial charge in [0.1, 0.15) is 0 Å². The van der Waals surface area contributed by atoms with Gasteiger partial charge >= 0.3 is 0 Å². The number of hydrogen-bond acceptors (Lipinski definition) is 3. The predicted octanol–water partition coefficient (Wildman–Crippen LogP) is 1.81. The van der Waals surface area contributed by atoms with Crippen molar-refractivity contribution in [2.45, 2.75) is 64.8 Å². The molecule has 2 atom stereocenters. The molecule has 112 valence electrons. The van der Waals surface area contributed by atoms with Gasteiger partial charge in [0.05, 0.1) is 17.6 Å². The van der Waals surface area contributed by atoms with E-state index in [4.69, 9.17) is 5.73 Å². The fourth-order valence-corrected chi connectivity index (χ4v) is 3.28. The van der Waals surface area contributed by atoms with Crippen LogP contribution in [0.1, 0.15) is 59.3 Å². The molecule has 1 rings (SSSR count). The molecule has 0 aliphatic heterocycles. The zero-order valence-corrected chi connectivity index (χ0v) is 12.7. The summed E-state index contributed by atoms with van der Waals surface area (Å²) < 4.78 is 0. The van der Waals surface area contributed by atoms with Crippen molar-refractivity contribution in [3.8, 4) is 0 Å². The van der Waals surface area contributed by atoms with E-state index in [0.29, 0.717) is 12.5 Å². The van der Waals surface area contributed by atoms with Crippen LogP contribution < -0.4 is 11.1 Å². The van der Waals surface area contributed by atoms with Crippen LogP contribution in [-0.4, -0.2) is 29.7 Å². The fourth-order valence-electron chi connectivity index (χ4n) is 3.28. The lowest BCUT2D eigenvalue weighted by atomic mass is 9.75. The number of aliphatic hydroxyl groups is 1. The summed E-state index contributed by atoms with van der Waals surface area (Å²) in [5.74, 6) is 0.569. The first-order chi connectivity index (χ1) is 8.97. The van der Waals surface area contributed by atoms with Crippen molar-refractivity contribution in [3.63, 3.8) is 0 Å². The van der Waals surface area contributed by atoms with Crippen LogP contribution in [0.15, 0.2) is 0 Å². The SMILES string of the molecule is CCC(CC)(CN)C(=O)NC1(CO)CCCC(C)C1. The number of hydrogen-bond donors (Lipinski definition) is 3. The van der Waals surface area contributed by atoms with Crippen molar-refractivity contribution in [1.82, 2.24) is 5.32 Å². The minimum absolute atomic E-state index is 0.0168. The Balaban J connectivity index is 2.82. The van der Waals surface area contributed by atoms with Crippen molar-refractivity contribution in [2.24, 2.45) is 17.1 Å². The molecule has 0 radical (unpaired) electrons. The van der Waals surface area contributed by atoms with Crippen LogP contribution >= 0.6 is 0 Å². The van der Waals surface area contributed by atoms with Gasteiger partial charge in [-0.2, -0.15) is 0 Å². The first-order valence-electron chi connectivity index (χ1n) is 7.61. The summed E-state index contributed by atoms with van der Waals surface area (Å²) in [5, 5.41) is 12.9. The molecule has 4 N–H and O–H groups in total. The molecule has 1 fully saturated rings. The summed E-state index contributed by atoms with van der Waals surface area (Å²) >= 11 is 0. The van der Waals surface area contributed by atoms with Crippen molar-refractivity contribution < 1.29 is 9.90 Å². The molecule has 4 nitrogen and oxygen atoms in total.